The summed E-state index contributed by atoms with van der Waals surface area (Å²) >= 11 is 0. The molecule has 0 heterocycles. The van der Waals surface area contributed by atoms with E-state index in [1.54, 1.807) is 6.92 Å². The number of carboxylic acid groups (broad SMARTS) is 4. The minimum absolute atomic E-state index is 0.0393. The van der Waals surface area contributed by atoms with E-state index in [2.05, 4.69) is 5.32 Å². The molecule has 0 aliphatic carbocycles. The molecule has 0 saturated carbocycles. The first-order chi connectivity index (χ1) is 15.7. The van der Waals surface area contributed by atoms with Gasteiger partial charge < -0.3 is 30.6 Å². The second kappa shape index (κ2) is 15.4. The van der Waals surface area contributed by atoms with Gasteiger partial charge in [0.25, 0.3) is 0 Å². The molecule has 0 aromatic heterocycles. The van der Waals surface area contributed by atoms with E-state index >= 15 is 0 Å². The summed E-state index contributed by atoms with van der Waals surface area (Å²) in [6.07, 6.45) is -0.855. The molecule has 0 saturated heterocycles. The molecule has 0 spiro atoms. The van der Waals surface area contributed by atoms with Crippen LogP contribution >= 0.6 is 7.75 Å². The molecule has 1 amide bonds. The first-order valence-electron chi connectivity index (χ1n) is 10.6. The molecular formula is C19H33N2O12P. The number of nitrogens with one attached hydrogen (secondary N) is 2. The second-order valence-corrected chi connectivity index (χ2v) is 9.33. The maximum Gasteiger partial charge on any atom is 0.403 e. The van der Waals surface area contributed by atoms with Crippen LogP contribution in [0.15, 0.2) is 0 Å². The summed E-state index contributed by atoms with van der Waals surface area (Å²) in [5.41, 5.74) is 0. The molecule has 34 heavy (non-hydrogen) atoms. The predicted octanol–water partition coefficient (Wildman–Crippen LogP) is 0.888. The van der Waals surface area contributed by atoms with Crippen LogP contribution in [-0.4, -0.2) is 73.8 Å². The van der Waals surface area contributed by atoms with Crippen molar-refractivity contribution in [3.8, 4) is 0 Å². The Kier molecular flexibility index (Phi) is 14.2. The van der Waals surface area contributed by atoms with Gasteiger partial charge in [0, 0.05) is 12.8 Å². The Morgan fingerprint density at radius 3 is 1.94 bits per heavy atom. The number of carboxylic acids is 4. The Labute approximate surface area is 196 Å². The van der Waals surface area contributed by atoms with Gasteiger partial charge in [-0.15, -0.1) is 0 Å². The molecule has 14 nitrogen and oxygen atoms in total. The standard InChI is InChI=1S/C19H33N2O12P/c1-3-11(2)12(17(25)26)6-8-15(22)20-13(18(27)28)5-4-10-33-34(31,32)21-14(19(29)30)7-9-16(23)24/h11-14H,3-10H2,1-2H3,(H,20,22)(H,23,24)(H,25,26)(H,27,28)(H,29,30)(H2,21,31,32)/t11?,12-,13+,14+/m1/s1. The Hall–Kier alpha value is -2.54. The van der Waals surface area contributed by atoms with E-state index in [1.807, 2.05) is 12.0 Å². The summed E-state index contributed by atoms with van der Waals surface area (Å²) in [5, 5.41) is 40.3. The van der Waals surface area contributed by atoms with Crippen molar-refractivity contribution in [2.45, 2.75) is 70.9 Å². The van der Waals surface area contributed by atoms with Gasteiger partial charge in [-0.1, -0.05) is 20.3 Å². The smallest absolute Gasteiger partial charge is 0.403 e. The molecule has 0 bridgehead atoms. The fourth-order valence-electron chi connectivity index (χ4n) is 2.97. The van der Waals surface area contributed by atoms with Crippen LogP contribution in [0, 0.1) is 11.8 Å². The van der Waals surface area contributed by atoms with Crippen molar-refractivity contribution < 1.29 is 58.4 Å². The lowest BCUT2D eigenvalue weighted by molar-refractivity contribution is -0.145. The quantitative estimate of drug-likeness (QED) is 0.0941. The summed E-state index contributed by atoms with van der Waals surface area (Å²) in [4.78, 5) is 66.2. The number of amides is 1. The molecule has 0 aliphatic rings. The highest BCUT2D eigenvalue weighted by molar-refractivity contribution is 7.50. The first kappa shape index (κ1) is 31.5. The van der Waals surface area contributed by atoms with Gasteiger partial charge in [0.1, 0.15) is 12.1 Å². The van der Waals surface area contributed by atoms with E-state index in [4.69, 9.17) is 14.7 Å². The Balaban J connectivity index is 4.66. The molecule has 2 unspecified atom stereocenters. The topological polar surface area (TPSA) is 237 Å². The van der Waals surface area contributed by atoms with E-state index in [0.717, 1.165) is 0 Å². The predicted molar refractivity (Wildman–Crippen MR) is 116 cm³/mol. The molecule has 0 radical (unpaired) electrons. The largest absolute Gasteiger partial charge is 0.481 e. The molecule has 0 aliphatic heterocycles. The third kappa shape index (κ3) is 13.2. The van der Waals surface area contributed by atoms with Crippen LogP contribution in [0.5, 0.6) is 0 Å². The van der Waals surface area contributed by atoms with E-state index in [-0.39, 0.29) is 31.6 Å². The van der Waals surface area contributed by atoms with Crippen molar-refractivity contribution in [3.63, 3.8) is 0 Å². The van der Waals surface area contributed by atoms with Crippen LogP contribution < -0.4 is 10.4 Å². The first-order valence-corrected chi connectivity index (χ1v) is 12.2. The average molecular weight is 512 g/mol. The number of aliphatic carboxylic acids is 4. The van der Waals surface area contributed by atoms with Crippen LogP contribution in [0.3, 0.4) is 0 Å². The Morgan fingerprint density at radius 1 is 0.882 bits per heavy atom. The minimum atomic E-state index is -4.63. The number of hydrogen-bond donors (Lipinski definition) is 7. The van der Waals surface area contributed by atoms with Crippen LogP contribution in [-0.2, 0) is 33.1 Å². The van der Waals surface area contributed by atoms with Gasteiger partial charge in [-0.05, 0) is 31.6 Å². The lowest BCUT2D eigenvalue weighted by Gasteiger charge is -2.20. The fraction of sp³-hybridized carbons (Fsp3) is 0.737. The van der Waals surface area contributed by atoms with Gasteiger partial charge in [0.15, 0.2) is 0 Å². The second-order valence-electron chi connectivity index (χ2n) is 7.78. The maximum absolute atomic E-state index is 12.1. The molecule has 0 aromatic rings. The van der Waals surface area contributed by atoms with Crippen LogP contribution in [0.4, 0.5) is 0 Å². The van der Waals surface area contributed by atoms with Crippen molar-refractivity contribution >= 4 is 37.5 Å². The molecule has 5 atom stereocenters. The summed E-state index contributed by atoms with van der Waals surface area (Å²) < 4.78 is 16.7. The minimum Gasteiger partial charge on any atom is -0.481 e. The summed E-state index contributed by atoms with van der Waals surface area (Å²) in [6, 6.07) is -3.00. The third-order valence-electron chi connectivity index (χ3n) is 5.13. The number of carbonyl (C=O) groups is 5. The molecule has 0 fully saturated rings. The lowest BCUT2D eigenvalue weighted by atomic mass is 9.88. The monoisotopic (exact) mass is 512 g/mol. The highest BCUT2D eigenvalue weighted by atomic mass is 31.2. The van der Waals surface area contributed by atoms with Gasteiger partial charge in [-0.25, -0.2) is 14.4 Å². The van der Waals surface area contributed by atoms with Crippen molar-refractivity contribution in [2.75, 3.05) is 6.61 Å². The zero-order valence-electron chi connectivity index (χ0n) is 19.0. The van der Waals surface area contributed by atoms with E-state index in [1.165, 1.54) is 0 Å². The van der Waals surface area contributed by atoms with Crippen molar-refractivity contribution in [2.24, 2.45) is 11.8 Å². The maximum atomic E-state index is 12.1. The lowest BCUT2D eigenvalue weighted by Crippen LogP contribution is -2.41. The van der Waals surface area contributed by atoms with Crippen LogP contribution in [0.1, 0.15) is 58.8 Å². The van der Waals surface area contributed by atoms with E-state index in [0.29, 0.717) is 6.42 Å². The van der Waals surface area contributed by atoms with Crippen molar-refractivity contribution in [1.82, 2.24) is 10.4 Å². The van der Waals surface area contributed by atoms with Gasteiger partial charge in [0.05, 0.1) is 12.5 Å². The third-order valence-corrected chi connectivity index (χ3v) is 6.30. The molecule has 7 N–H and O–H groups in total. The Bertz CT molecular complexity index is 774. The fourth-order valence-corrected chi connectivity index (χ4v) is 4.05. The zero-order chi connectivity index (χ0) is 26.5. The van der Waals surface area contributed by atoms with Gasteiger partial charge in [-0.2, -0.15) is 0 Å². The SMILES string of the molecule is CCC(C)[C@@H](CCC(=O)N[C@@H](CCCOP(=O)(O)N[C@@H](CCC(=O)O)C(=O)O)C(=O)O)C(=O)O. The molecule has 0 rings (SSSR count). The van der Waals surface area contributed by atoms with Gasteiger partial charge in [-0.3, -0.25) is 23.7 Å². The molecule has 0 aromatic carbocycles. The summed E-state index contributed by atoms with van der Waals surface area (Å²) in [7, 11) is -4.63. The van der Waals surface area contributed by atoms with E-state index in [9.17, 15) is 43.6 Å². The Morgan fingerprint density at radius 2 is 1.47 bits per heavy atom. The molecule has 196 valence electrons. The van der Waals surface area contributed by atoms with E-state index < -0.39 is 75.0 Å². The zero-order valence-corrected chi connectivity index (χ0v) is 19.9. The highest BCUT2D eigenvalue weighted by Gasteiger charge is 2.30. The summed E-state index contributed by atoms with van der Waals surface area (Å²) in [5.74, 6) is -6.80. The van der Waals surface area contributed by atoms with Gasteiger partial charge in [0.2, 0.25) is 5.91 Å². The normalized spacial score (nSPS) is 16.4. The number of carbonyl (C=O) groups excluding carboxylic acids is 1. The number of rotatable bonds is 19. The van der Waals surface area contributed by atoms with Gasteiger partial charge >= 0.3 is 31.6 Å². The highest BCUT2D eigenvalue weighted by Crippen LogP contribution is 2.38. The van der Waals surface area contributed by atoms with Crippen molar-refractivity contribution in [1.29, 1.82) is 0 Å². The summed E-state index contributed by atoms with van der Waals surface area (Å²) in [6.45, 7) is 3.11. The van der Waals surface area contributed by atoms with Crippen LogP contribution in [0.2, 0.25) is 0 Å². The number of hydrogen-bond acceptors (Lipinski definition) is 7. The average Bonchev–Trinajstić information content (AvgIpc) is 2.72. The molecule has 15 heteroatoms. The van der Waals surface area contributed by atoms with Crippen molar-refractivity contribution in [3.05, 3.63) is 0 Å². The molecular weight excluding hydrogens is 479 g/mol. The van der Waals surface area contributed by atoms with Crippen LogP contribution in [0.25, 0.3) is 0 Å².